The zero-order valence-corrected chi connectivity index (χ0v) is 13.7. The molecule has 0 spiro atoms. The summed E-state index contributed by atoms with van der Waals surface area (Å²) in [4.78, 5) is 17.2. The fourth-order valence-corrected chi connectivity index (χ4v) is 2.86. The second-order valence-corrected chi connectivity index (χ2v) is 5.81. The first-order chi connectivity index (χ1) is 11.6. The van der Waals surface area contributed by atoms with E-state index in [9.17, 15) is 4.79 Å². The molecule has 0 aliphatic heterocycles. The van der Waals surface area contributed by atoms with Gasteiger partial charge in [-0.1, -0.05) is 24.6 Å². The first-order valence-electron chi connectivity index (χ1n) is 7.80. The van der Waals surface area contributed by atoms with E-state index in [1.807, 2.05) is 45.0 Å². The van der Waals surface area contributed by atoms with Crippen LogP contribution in [0, 0.1) is 13.8 Å². The van der Waals surface area contributed by atoms with Gasteiger partial charge in [-0.15, -0.1) is 15.3 Å². The minimum absolute atomic E-state index is 0.220. The number of pyridine rings is 1. The molecular formula is C17H16N6O. The largest absolute Gasteiger partial charge is 0.285 e. The minimum Gasteiger partial charge on any atom is -0.282 e. The van der Waals surface area contributed by atoms with Gasteiger partial charge in [-0.25, -0.2) is 0 Å². The average molecular weight is 320 g/mol. The fraction of sp³-hybridized carbons (Fsp3) is 0.235. The standard InChI is InChI=1S/C17H16N6O/c1-4-14-18-17-20-19-15-13(23(17)21-14)7-8-22(16(15)24)12-6-5-10(2)9-11(12)3/h5-9H,4H2,1-3H3. The molecule has 1 aromatic carbocycles. The van der Waals surface area contributed by atoms with Crippen LogP contribution < -0.4 is 5.56 Å². The molecule has 24 heavy (non-hydrogen) atoms. The summed E-state index contributed by atoms with van der Waals surface area (Å²) in [5.41, 5.74) is 3.68. The van der Waals surface area contributed by atoms with Gasteiger partial charge in [-0.2, -0.15) is 9.50 Å². The topological polar surface area (TPSA) is 78.0 Å². The van der Waals surface area contributed by atoms with Gasteiger partial charge < -0.3 is 0 Å². The zero-order chi connectivity index (χ0) is 16.8. The number of nitrogens with zero attached hydrogens (tertiary/aromatic N) is 6. The van der Waals surface area contributed by atoms with Crippen molar-refractivity contribution >= 4 is 16.8 Å². The minimum atomic E-state index is -0.220. The third-order valence-electron chi connectivity index (χ3n) is 4.08. The van der Waals surface area contributed by atoms with Crippen LogP contribution in [-0.2, 0) is 6.42 Å². The van der Waals surface area contributed by atoms with Crippen LogP contribution in [0.1, 0.15) is 23.9 Å². The molecule has 7 nitrogen and oxygen atoms in total. The summed E-state index contributed by atoms with van der Waals surface area (Å²) < 4.78 is 3.17. The summed E-state index contributed by atoms with van der Waals surface area (Å²) in [6.45, 7) is 5.98. The van der Waals surface area contributed by atoms with Gasteiger partial charge in [0.25, 0.3) is 11.3 Å². The highest BCUT2D eigenvalue weighted by atomic mass is 16.1. The van der Waals surface area contributed by atoms with Crippen molar-refractivity contribution in [2.75, 3.05) is 0 Å². The lowest BCUT2D eigenvalue weighted by molar-refractivity contribution is 0.883. The summed E-state index contributed by atoms with van der Waals surface area (Å²) in [7, 11) is 0. The Morgan fingerprint density at radius 2 is 1.96 bits per heavy atom. The van der Waals surface area contributed by atoms with Gasteiger partial charge in [-0.05, 0) is 31.5 Å². The molecule has 4 aromatic rings. The Labute approximate surface area is 137 Å². The third kappa shape index (κ3) is 2.09. The fourth-order valence-electron chi connectivity index (χ4n) is 2.86. The predicted molar refractivity (Wildman–Crippen MR) is 90.5 cm³/mol. The highest BCUT2D eigenvalue weighted by Gasteiger charge is 2.13. The quantitative estimate of drug-likeness (QED) is 0.564. The Kier molecular flexibility index (Phi) is 3.16. The number of benzene rings is 1. The second-order valence-electron chi connectivity index (χ2n) is 5.81. The molecule has 0 aliphatic rings. The monoisotopic (exact) mass is 320 g/mol. The number of hydrogen-bond acceptors (Lipinski definition) is 5. The lowest BCUT2D eigenvalue weighted by Gasteiger charge is -2.10. The molecular weight excluding hydrogens is 304 g/mol. The van der Waals surface area contributed by atoms with Crippen molar-refractivity contribution in [1.29, 1.82) is 0 Å². The van der Waals surface area contributed by atoms with Crippen LogP contribution in [0.2, 0.25) is 0 Å². The van der Waals surface area contributed by atoms with E-state index in [4.69, 9.17) is 0 Å². The predicted octanol–water partition coefficient (Wildman–Crippen LogP) is 2.00. The summed E-state index contributed by atoms with van der Waals surface area (Å²) in [5.74, 6) is 1.08. The molecule has 0 saturated heterocycles. The molecule has 0 amide bonds. The molecule has 4 rings (SSSR count). The van der Waals surface area contributed by atoms with Crippen LogP contribution >= 0.6 is 0 Å². The summed E-state index contributed by atoms with van der Waals surface area (Å²) in [5, 5.41) is 12.5. The molecule has 0 bridgehead atoms. The molecule has 120 valence electrons. The van der Waals surface area contributed by atoms with E-state index >= 15 is 0 Å². The molecule has 3 heterocycles. The lowest BCUT2D eigenvalue weighted by atomic mass is 10.1. The van der Waals surface area contributed by atoms with Gasteiger partial charge in [0.05, 0.1) is 5.69 Å². The molecule has 0 fully saturated rings. The Morgan fingerprint density at radius 1 is 1.12 bits per heavy atom. The smallest absolute Gasteiger partial charge is 0.282 e. The molecule has 0 saturated carbocycles. The summed E-state index contributed by atoms with van der Waals surface area (Å²) in [6.07, 6.45) is 2.45. The van der Waals surface area contributed by atoms with Crippen LogP contribution in [0.4, 0.5) is 0 Å². The maximum atomic E-state index is 12.9. The van der Waals surface area contributed by atoms with E-state index in [1.54, 1.807) is 15.3 Å². The van der Waals surface area contributed by atoms with Crippen molar-refractivity contribution in [2.45, 2.75) is 27.2 Å². The van der Waals surface area contributed by atoms with Crippen molar-refractivity contribution in [3.63, 3.8) is 0 Å². The third-order valence-corrected chi connectivity index (χ3v) is 4.08. The van der Waals surface area contributed by atoms with Crippen molar-refractivity contribution in [1.82, 2.24) is 29.4 Å². The Morgan fingerprint density at radius 3 is 2.71 bits per heavy atom. The van der Waals surface area contributed by atoms with Crippen molar-refractivity contribution in [3.05, 3.63) is 57.8 Å². The maximum absolute atomic E-state index is 12.9. The SMILES string of the molecule is CCc1nc2nnc3c(=O)n(-c4ccc(C)cc4C)ccc3n2n1. The van der Waals surface area contributed by atoms with E-state index in [1.165, 1.54) is 0 Å². The summed E-state index contributed by atoms with van der Waals surface area (Å²) >= 11 is 0. The van der Waals surface area contributed by atoms with Crippen LogP contribution in [-0.4, -0.2) is 29.4 Å². The van der Waals surface area contributed by atoms with Gasteiger partial charge in [-0.3, -0.25) is 9.36 Å². The lowest BCUT2D eigenvalue weighted by Crippen LogP contribution is -2.21. The van der Waals surface area contributed by atoms with E-state index in [-0.39, 0.29) is 11.1 Å². The molecule has 3 aromatic heterocycles. The van der Waals surface area contributed by atoms with E-state index in [0.717, 1.165) is 16.8 Å². The zero-order valence-electron chi connectivity index (χ0n) is 13.7. The van der Waals surface area contributed by atoms with E-state index < -0.39 is 0 Å². The first kappa shape index (κ1) is 14.5. The number of aromatic nitrogens is 6. The van der Waals surface area contributed by atoms with Crippen LogP contribution in [0.3, 0.4) is 0 Å². The highest BCUT2D eigenvalue weighted by molar-refractivity contribution is 5.74. The average Bonchev–Trinajstić information content (AvgIpc) is 2.99. The van der Waals surface area contributed by atoms with Gasteiger partial charge in [0.1, 0.15) is 5.52 Å². The maximum Gasteiger partial charge on any atom is 0.285 e. The normalized spacial score (nSPS) is 11.5. The first-order valence-corrected chi connectivity index (χ1v) is 7.80. The molecule has 0 aliphatic carbocycles. The van der Waals surface area contributed by atoms with Gasteiger partial charge in [0.15, 0.2) is 11.3 Å². The number of hydrogen-bond donors (Lipinski definition) is 0. The number of aryl methyl sites for hydroxylation is 3. The Bertz CT molecular complexity index is 1140. The molecule has 0 radical (unpaired) electrons. The van der Waals surface area contributed by atoms with Crippen LogP contribution in [0.15, 0.2) is 35.3 Å². The van der Waals surface area contributed by atoms with Crippen molar-refractivity contribution < 1.29 is 0 Å². The molecule has 7 heteroatoms. The van der Waals surface area contributed by atoms with Gasteiger partial charge in [0, 0.05) is 12.6 Å². The molecule has 0 N–H and O–H groups in total. The van der Waals surface area contributed by atoms with Crippen LogP contribution in [0.25, 0.3) is 22.5 Å². The molecule has 0 unspecified atom stereocenters. The number of rotatable bonds is 2. The van der Waals surface area contributed by atoms with Crippen molar-refractivity contribution in [2.24, 2.45) is 0 Å². The number of fused-ring (bicyclic) bond motifs is 3. The van der Waals surface area contributed by atoms with Crippen LogP contribution in [0.5, 0.6) is 0 Å². The Balaban J connectivity index is 2.01. The summed E-state index contributed by atoms with van der Waals surface area (Å²) in [6, 6.07) is 7.80. The Hall–Kier alpha value is -3.09. The van der Waals surface area contributed by atoms with E-state index in [0.29, 0.717) is 23.5 Å². The van der Waals surface area contributed by atoms with Gasteiger partial charge >= 0.3 is 0 Å². The van der Waals surface area contributed by atoms with Gasteiger partial charge in [0.2, 0.25) is 0 Å². The van der Waals surface area contributed by atoms with E-state index in [2.05, 4.69) is 20.3 Å². The van der Waals surface area contributed by atoms with Crippen molar-refractivity contribution in [3.8, 4) is 5.69 Å². The second kappa shape index (κ2) is 5.23. The molecule has 0 atom stereocenters. The highest BCUT2D eigenvalue weighted by Crippen LogP contribution is 2.16.